The first kappa shape index (κ1) is 6.22. The Labute approximate surface area is 64.5 Å². The highest BCUT2D eigenvalue weighted by molar-refractivity contribution is 5.52. The topological polar surface area (TPSA) is 44.5 Å². The van der Waals surface area contributed by atoms with Crippen molar-refractivity contribution in [2.45, 2.75) is 6.92 Å². The van der Waals surface area contributed by atoms with Gasteiger partial charge < -0.3 is 9.97 Å². The van der Waals surface area contributed by atoms with Crippen LogP contribution in [0.15, 0.2) is 24.5 Å². The number of nitrogens with zero attached hydrogens (tertiary/aromatic N) is 1. The lowest BCUT2D eigenvalue weighted by Gasteiger charge is -1.88. The molecule has 56 valence electrons. The third-order valence-corrected chi connectivity index (χ3v) is 1.59. The number of aromatic amines is 2. The zero-order chi connectivity index (χ0) is 7.68. The lowest BCUT2D eigenvalue weighted by Crippen LogP contribution is -1.75. The van der Waals surface area contributed by atoms with Crippen molar-refractivity contribution in [1.29, 1.82) is 0 Å². The smallest absolute Gasteiger partial charge is 0.103 e. The number of hydrogen-bond acceptors (Lipinski definition) is 1. The maximum atomic E-state index is 4.10. The van der Waals surface area contributed by atoms with Crippen LogP contribution in [-0.2, 0) is 0 Å². The molecule has 0 radical (unpaired) electrons. The number of H-pyrrole nitrogens is 2. The van der Waals surface area contributed by atoms with Gasteiger partial charge in [-0.15, -0.1) is 0 Å². The first-order valence-corrected chi connectivity index (χ1v) is 3.51. The number of aromatic nitrogens is 3. The third-order valence-electron chi connectivity index (χ3n) is 1.59. The summed E-state index contributed by atoms with van der Waals surface area (Å²) in [4.78, 5) is 10.3. The van der Waals surface area contributed by atoms with Gasteiger partial charge in [0.2, 0.25) is 0 Å². The van der Waals surface area contributed by atoms with E-state index in [1.807, 2.05) is 31.5 Å². The van der Waals surface area contributed by atoms with Gasteiger partial charge in [-0.25, -0.2) is 4.98 Å². The van der Waals surface area contributed by atoms with Crippen LogP contribution in [0.5, 0.6) is 0 Å². The van der Waals surface area contributed by atoms with Crippen molar-refractivity contribution >= 4 is 0 Å². The lowest BCUT2D eigenvalue weighted by molar-refractivity contribution is 1.15. The van der Waals surface area contributed by atoms with Crippen LogP contribution in [0.4, 0.5) is 0 Å². The Morgan fingerprint density at radius 1 is 1.36 bits per heavy atom. The molecule has 2 aromatic rings. The van der Waals surface area contributed by atoms with E-state index in [0.717, 1.165) is 17.2 Å². The summed E-state index contributed by atoms with van der Waals surface area (Å²) in [5.74, 6) is 0.939. The second-order valence-corrected chi connectivity index (χ2v) is 2.47. The summed E-state index contributed by atoms with van der Waals surface area (Å²) >= 11 is 0. The van der Waals surface area contributed by atoms with Gasteiger partial charge in [0.05, 0.1) is 17.6 Å². The molecule has 0 unspecified atom stereocenters. The summed E-state index contributed by atoms with van der Waals surface area (Å²) in [5, 5.41) is 0. The van der Waals surface area contributed by atoms with Gasteiger partial charge >= 0.3 is 0 Å². The maximum Gasteiger partial charge on any atom is 0.103 e. The van der Waals surface area contributed by atoms with Crippen molar-refractivity contribution < 1.29 is 0 Å². The Morgan fingerprint density at radius 3 is 2.82 bits per heavy atom. The quantitative estimate of drug-likeness (QED) is 0.633. The average Bonchev–Trinajstić information content (AvgIpc) is 2.55. The largest absolute Gasteiger partial charge is 0.360 e. The molecule has 0 atom stereocenters. The van der Waals surface area contributed by atoms with E-state index >= 15 is 0 Å². The lowest BCUT2D eigenvalue weighted by atomic mass is 10.3. The van der Waals surface area contributed by atoms with Crippen LogP contribution in [0, 0.1) is 6.92 Å². The van der Waals surface area contributed by atoms with Crippen LogP contribution in [0.25, 0.3) is 11.4 Å². The summed E-state index contributed by atoms with van der Waals surface area (Å²) in [5.41, 5.74) is 2.11. The van der Waals surface area contributed by atoms with Gasteiger partial charge in [-0.1, -0.05) is 0 Å². The summed E-state index contributed by atoms with van der Waals surface area (Å²) in [7, 11) is 0. The van der Waals surface area contributed by atoms with Gasteiger partial charge in [-0.3, -0.25) is 0 Å². The predicted molar refractivity (Wildman–Crippen MR) is 43.1 cm³/mol. The van der Waals surface area contributed by atoms with Crippen LogP contribution in [0.3, 0.4) is 0 Å². The van der Waals surface area contributed by atoms with Crippen molar-refractivity contribution in [2.75, 3.05) is 0 Å². The van der Waals surface area contributed by atoms with Crippen molar-refractivity contribution in [1.82, 2.24) is 15.0 Å². The van der Waals surface area contributed by atoms with Crippen molar-refractivity contribution in [3.05, 3.63) is 30.4 Å². The molecule has 0 saturated carbocycles. The molecule has 0 aromatic carbocycles. The van der Waals surface area contributed by atoms with Gasteiger partial charge in [0.1, 0.15) is 5.82 Å². The van der Waals surface area contributed by atoms with E-state index in [2.05, 4.69) is 15.0 Å². The van der Waals surface area contributed by atoms with Crippen LogP contribution in [0.1, 0.15) is 5.82 Å². The van der Waals surface area contributed by atoms with E-state index in [1.165, 1.54) is 0 Å². The third kappa shape index (κ3) is 1.05. The van der Waals surface area contributed by atoms with Gasteiger partial charge in [0.15, 0.2) is 0 Å². The molecule has 3 heteroatoms. The molecule has 2 N–H and O–H groups in total. The van der Waals surface area contributed by atoms with E-state index in [1.54, 1.807) is 0 Å². The number of hydrogen-bond donors (Lipinski definition) is 2. The first-order chi connectivity index (χ1) is 5.36. The van der Waals surface area contributed by atoms with Gasteiger partial charge in [-0.05, 0) is 19.1 Å². The van der Waals surface area contributed by atoms with E-state index in [0.29, 0.717) is 0 Å². The van der Waals surface area contributed by atoms with Crippen LogP contribution >= 0.6 is 0 Å². The van der Waals surface area contributed by atoms with Crippen LogP contribution in [0.2, 0.25) is 0 Å². The Balaban J connectivity index is 2.45. The zero-order valence-electron chi connectivity index (χ0n) is 6.26. The molecule has 0 aliphatic heterocycles. The highest BCUT2D eigenvalue weighted by Crippen LogP contribution is 2.12. The normalized spacial score (nSPS) is 10.3. The maximum absolute atomic E-state index is 4.10. The summed E-state index contributed by atoms with van der Waals surface area (Å²) in [6.45, 7) is 1.94. The minimum atomic E-state index is 0.939. The molecular weight excluding hydrogens is 138 g/mol. The molecule has 0 saturated heterocycles. The molecule has 0 aliphatic carbocycles. The fraction of sp³-hybridized carbons (Fsp3) is 0.125. The first-order valence-electron chi connectivity index (χ1n) is 3.51. The second-order valence-electron chi connectivity index (χ2n) is 2.47. The highest BCUT2D eigenvalue weighted by Gasteiger charge is 1.98. The monoisotopic (exact) mass is 147 g/mol. The van der Waals surface area contributed by atoms with Gasteiger partial charge in [0, 0.05) is 6.20 Å². The molecule has 2 rings (SSSR count). The average molecular weight is 147 g/mol. The Kier molecular flexibility index (Phi) is 1.28. The Hall–Kier alpha value is -1.51. The fourth-order valence-corrected chi connectivity index (χ4v) is 1.06. The molecule has 3 nitrogen and oxygen atoms in total. The molecule has 2 aromatic heterocycles. The Bertz CT molecular complexity index is 332. The highest BCUT2D eigenvalue weighted by atomic mass is 14.9. The van der Waals surface area contributed by atoms with Crippen molar-refractivity contribution in [3.63, 3.8) is 0 Å². The minimum absolute atomic E-state index is 0.939. The molecule has 0 amide bonds. The molecular formula is C8H9N3. The molecule has 0 aliphatic rings. The number of aryl methyl sites for hydroxylation is 1. The number of rotatable bonds is 1. The number of imidazole rings is 1. The summed E-state index contributed by atoms with van der Waals surface area (Å²) in [6, 6.07) is 3.97. The van der Waals surface area contributed by atoms with Gasteiger partial charge in [-0.2, -0.15) is 0 Å². The van der Waals surface area contributed by atoms with Crippen LogP contribution in [-0.4, -0.2) is 15.0 Å². The summed E-state index contributed by atoms with van der Waals surface area (Å²) < 4.78 is 0. The number of nitrogens with one attached hydrogen (secondary N) is 2. The molecule has 2 heterocycles. The van der Waals surface area contributed by atoms with E-state index in [-0.39, 0.29) is 0 Å². The predicted octanol–water partition coefficient (Wildman–Crippen LogP) is 1.71. The van der Waals surface area contributed by atoms with E-state index < -0.39 is 0 Å². The van der Waals surface area contributed by atoms with Crippen LogP contribution < -0.4 is 0 Å². The molecule has 0 spiro atoms. The van der Waals surface area contributed by atoms with Gasteiger partial charge in [0.25, 0.3) is 0 Å². The van der Waals surface area contributed by atoms with E-state index in [4.69, 9.17) is 0 Å². The standard InChI is InChI=1S/C8H9N3/c1-6-10-5-8(11-6)7-3-2-4-9-7/h2-5,9H,1H3,(H,10,11). The van der Waals surface area contributed by atoms with E-state index in [9.17, 15) is 0 Å². The zero-order valence-corrected chi connectivity index (χ0v) is 6.26. The fourth-order valence-electron chi connectivity index (χ4n) is 1.06. The second kappa shape index (κ2) is 2.27. The van der Waals surface area contributed by atoms with Crippen molar-refractivity contribution in [2.24, 2.45) is 0 Å². The molecule has 0 bridgehead atoms. The molecule has 0 fully saturated rings. The minimum Gasteiger partial charge on any atom is -0.360 e. The SMILES string of the molecule is Cc1ncc(-c2ccc[nH]2)[nH]1. The summed E-state index contributed by atoms with van der Waals surface area (Å²) in [6.07, 6.45) is 3.71. The Morgan fingerprint density at radius 2 is 2.27 bits per heavy atom. The van der Waals surface area contributed by atoms with Crippen molar-refractivity contribution in [3.8, 4) is 11.4 Å². The molecule has 11 heavy (non-hydrogen) atoms.